The highest BCUT2D eigenvalue weighted by Gasteiger charge is 2.05. The van der Waals surface area contributed by atoms with E-state index in [-0.39, 0.29) is 0 Å². The summed E-state index contributed by atoms with van der Waals surface area (Å²) in [5.41, 5.74) is 2.25. The molecule has 0 spiro atoms. The zero-order valence-corrected chi connectivity index (χ0v) is 8.79. The van der Waals surface area contributed by atoms with Crippen LogP contribution in [-0.2, 0) is 0 Å². The van der Waals surface area contributed by atoms with E-state index in [4.69, 9.17) is 0 Å². The molecule has 0 fully saturated rings. The number of pyridine rings is 1. The average molecular weight is 210 g/mol. The van der Waals surface area contributed by atoms with Gasteiger partial charge in [0.2, 0.25) is 0 Å². The van der Waals surface area contributed by atoms with Crippen LogP contribution in [0, 0.1) is 6.07 Å². The lowest BCUT2D eigenvalue weighted by Crippen LogP contribution is -1.78. The number of nitrogens with zero attached hydrogens (tertiary/aromatic N) is 1. The zero-order valence-electron chi connectivity index (χ0n) is 7.97. The number of rotatable bonds is 1. The maximum Gasteiger partial charge on any atom is 0.0716 e. The molecule has 0 amide bonds. The molecule has 1 aromatic carbocycles. The highest BCUT2D eigenvalue weighted by atomic mass is 32.1. The van der Waals surface area contributed by atoms with Gasteiger partial charge < -0.3 is 0 Å². The van der Waals surface area contributed by atoms with Crippen LogP contribution in [0.2, 0.25) is 0 Å². The maximum absolute atomic E-state index is 4.37. The SMILES string of the molecule is [c]1ccc2c(-c3ccccn3)csc2c1. The van der Waals surface area contributed by atoms with Gasteiger partial charge in [-0.05, 0) is 24.3 Å². The predicted octanol–water partition coefficient (Wildman–Crippen LogP) is 3.76. The Balaban J connectivity index is 2.28. The predicted molar refractivity (Wildman–Crippen MR) is 63.9 cm³/mol. The molecule has 0 atom stereocenters. The third-order valence-electron chi connectivity index (χ3n) is 2.36. The molecule has 3 aromatic rings. The van der Waals surface area contributed by atoms with Gasteiger partial charge in [0.1, 0.15) is 0 Å². The summed E-state index contributed by atoms with van der Waals surface area (Å²) >= 11 is 1.74. The summed E-state index contributed by atoms with van der Waals surface area (Å²) in [5, 5.41) is 3.42. The summed E-state index contributed by atoms with van der Waals surface area (Å²) in [6.07, 6.45) is 1.83. The summed E-state index contributed by atoms with van der Waals surface area (Å²) in [6, 6.07) is 15.1. The Kier molecular flexibility index (Phi) is 2.00. The number of hydrogen-bond donors (Lipinski definition) is 0. The van der Waals surface area contributed by atoms with Crippen molar-refractivity contribution in [2.24, 2.45) is 0 Å². The van der Waals surface area contributed by atoms with Crippen molar-refractivity contribution in [1.82, 2.24) is 4.98 Å². The van der Waals surface area contributed by atoms with Gasteiger partial charge in [-0.25, -0.2) is 0 Å². The fourth-order valence-corrected chi connectivity index (χ4v) is 2.58. The van der Waals surface area contributed by atoms with Crippen molar-refractivity contribution in [3.63, 3.8) is 0 Å². The normalized spacial score (nSPS) is 10.7. The molecule has 0 saturated heterocycles. The van der Waals surface area contributed by atoms with Gasteiger partial charge in [-0.1, -0.05) is 18.2 Å². The summed E-state index contributed by atoms with van der Waals surface area (Å²) < 4.78 is 1.26. The Labute approximate surface area is 92.0 Å². The molecule has 0 aliphatic rings. The molecular formula is C13H8NS. The second kappa shape index (κ2) is 3.48. The van der Waals surface area contributed by atoms with Gasteiger partial charge in [-0.15, -0.1) is 11.3 Å². The van der Waals surface area contributed by atoms with E-state index in [0.29, 0.717) is 0 Å². The minimum absolute atomic E-state index is 1.04. The van der Waals surface area contributed by atoms with Crippen LogP contribution in [0.15, 0.2) is 48.0 Å². The van der Waals surface area contributed by atoms with Crippen LogP contribution >= 0.6 is 11.3 Å². The van der Waals surface area contributed by atoms with Crippen LogP contribution in [-0.4, -0.2) is 4.98 Å². The van der Waals surface area contributed by atoms with Gasteiger partial charge >= 0.3 is 0 Å². The molecule has 0 unspecified atom stereocenters. The monoisotopic (exact) mass is 210 g/mol. The summed E-state index contributed by atoms with van der Waals surface area (Å²) in [7, 11) is 0. The van der Waals surface area contributed by atoms with E-state index < -0.39 is 0 Å². The van der Waals surface area contributed by atoms with Crippen LogP contribution in [0.5, 0.6) is 0 Å². The van der Waals surface area contributed by atoms with Crippen molar-refractivity contribution < 1.29 is 0 Å². The van der Waals surface area contributed by atoms with E-state index >= 15 is 0 Å². The smallest absolute Gasteiger partial charge is 0.0716 e. The average Bonchev–Trinajstić information content (AvgIpc) is 2.74. The van der Waals surface area contributed by atoms with E-state index in [0.717, 1.165) is 5.69 Å². The van der Waals surface area contributed by atoms with Crippen LogP contribution in [0.4, 0.5) is 0 Å². The first-order valence-corrected chi connectivity index (χ1v) is 5.62. The van der Waals surface area contributed by atoms with E-state index in [1.807, 2.05) is 36.5 Å². The fourth-order valence-electron chi connectivity index (χ4n) is 1.64. The first kappa shape index (κ1) is 8.62. The van der Waals surface area contributed by atoms with Crippen molar-refractivity contribution in [3.8, 4) is 11.3 Å². The molecule has 2 aromatic heterocycles. The number of benzene rings is 1. The Morgan fingerprint density at radius 3 is 3.07 bits per heavy atom. The topological polar surface area (TPSA) is 12.9 Å². The first-order chi connectivity index (χ1) is 7.45. The summed E-state index contributed by atoms with van der Waals surface area (Å²) in [5.74, 6) is 0. The summed E-state index contributed by atoms with van der Waals surface area (Å²) in [4.78, 5) is 4.37. The molecule has 2 heterocycles. The summed E-state index contributed by atoms with van der Waals surface area (Å²) in [6.45, 7) is 0. The van der Waals surface area contributed by atoms with Gasteiger partial charge in [0.25, 0.3) is 0 Å². The number of thiophene rings is 1. The molecule has 15 heavy (non-hydrogen) atoms. The molecule has 1 nitrogen and oxygen atoms in total. The number of hydrogen-bond acceptors (Lipinski definition) is 2. The van der Waals surface area contributed by atoms with Gasteiger partial charge in [-0.2, -0.15) is 0 Å². The first-order valence-electron chi connectivity index (χ1n) is 4.74. The Morgan fingerprint density at radius 1 is 1.20 bits per heavy atom. The third kappa shape index (κ3) is 1.43. The highest BCUT2D eigenvalue weighted by Crippen LogP contribution is 2.32. The zero-order chi connectivity index (χ0) is 10.1. The second-order valence-electron chi connectivity index (χ2n) is 3.29. The van der Waals surface area contributed by atoms with E-state index in [2.05, 4.69) is 22.5 Å². The van der Waals surface area contributed by atoms with Crippen molar-refractivity contribution >= 4 is 21.4 Å². The van der Waals surface area contributed by atoms with E-state index in [1.54, 1.807) is 11.3 Å². The van der Waals surface area contributed by atoms with Crippen molar-refractivity contribution in [2.75, 3.05) is 0 Å². The second-order valence-corrected chi connectivity index (χ2v) is 4.20. The molecule has 71 valence electrons. The van der Waals surface area contributed by atoms with Crippen LogP contribution < -0.4 is 0 Å². The molecule has 1 radical (unpaired) electrons. The molecule has 0 aliphatic heterocycles. The van der Waals surface area contributed by atoms with Crippen molar-refractivity contribution in [3.05, 3.63) is 54.0 Å². The van der Waals surface area contributed by atoms with Gasteiger partial charge in [0.15, 0.2) is 0 Å². The lowest BCUT2D eigenvalue weighted by molar-refractivity contribution is 1.34. The standard InChI is InChI=1S/C13H8NS/c1-2-7-13-10(5-1)11(9-15-13)12-6-3-4-8-14-12/h1,3-9H. The maximum atomic E-state index is 4.37. The lowest BCUT2D eigenvalue weighted by atomic mass is 10.1. The molecule has 0 saturated carbocycles. The molecule has 2 heteroatoms. The molecule has 3 rings (SSSR count). The fraction of sp³-hybridized carbons (Fsp3) is 0. The Morgan fingerprint density at radius 2 is 2.20 bits per heavy atom. The van der Waals surface area contributed by atoms with E-state index in [1.165, 1.54) is 15.6 Å². The molecule has 0 bridgehead atoms. The van der Waals surface area contributed by atoms with Crippen molar-refractivity contribution in [2.45, 2.75) is 0 Å². The van der Waals surface area contributed by atoms with Gasteiger partial charge in [0.05, 0.1) is 5.69 Å². The molecule has 0 aliphatic carbocycles. The van der Waals surface area contributed by atoms with Crippen molar-refractivity contribution in [1.29, 1.82) is 0 Å². The van der Waals surface area contributed by atoms with Gasteiger partial charge in [-0.3, -0.25) is 4.98 Å². The third-order valence-corrected chi connectivity index (χ3v) is 3.31. The Hall–Kier alpha value is -1.67. The van der Waals surface area contributed by atoms with Gasteiger partial charge in [0, 0.05) is 27.2 Å². The lowest BCUT2D eigenvalue weighted by Gasteiger charge is -1.97. The minimum Gasteiger partial charge on any atom is -0.256 e. The Bertz CT molecular complexity index is 584. The number of fused-ring (bicyclic) bond motifs is 1. The van der Waals surface area contributed by atoms with E-state index in [9.17, 15) is 0 Å². The quantitative estimate of drug-likeness (QED) is 0.596. The minimum atomic E-state index is 1.04. The number of aromatic nitrogens is 1. The van der Waals surface area contributed by atoms with Crippen LogP contribution in [0.1, 0.15) is 0 Å². The van der Waals surface area contributed by atoms with Crippen LogP contribution in [0.25, 0.3) is 21.3 Å². The molecular weight excluding hydrogens is 202 g/mol. The molecule has 0 N–H and O–H groups in total. The largest absolute Gasteiger partial charge is 0.256 e. The van der Waals surface area contributed by atoms with Crippen LogP contribution in [0.3, 0.4) is 0 Å². The highest BCUT2D eigenvalue weighted by molar-refractivity contribution is 7.17.